The van der Waals surface area contributed by atoms with Gasteiger partial charge in [-0.15, -0.1) is 0 Å². The quantitative estimate of drug-likeness (QED) is 0.606. The van der Waals surface area contributed by atoms with Gasteiger partial charge in [-0.3, -0.25) is 9.59 Å². The minimum Gasteiger partial charge on any atom is -0.347 e. The molecule has 0 aromatic rings. The Hall–Kier alpha value is -0.900. The Labute approximate surface area is 124 Å². The van der Waals surface area contributed by atoms with Gasteiger partial charge in [-0.25, -0.2) is 0 Å². The average Bonchev–Trinajstić information content (AvgIpc) is 2.34. The van der Waals surface area contributed by atoms with Crippen LogP contribution in [0.25, 0.3) is 0 Å². The van der Waals surface area contributed by atoms with Crippen molar-refractivity contribution in [3.8, 4) is 0 Å². The standard InChI is InChI=1S/C16H32N2O2/c1-11(2)13(5)17-10-8-7-9-15(18-14(6)19)16(20)12(3)4/h11-13,15,17H,7-10H2,1-6H3,(H,18,19). The molecule has 2 unspecified atom stereocenters. The lowest BCUT2D eigenvalue weighted by atomic mass is 9.97. The maximum absolute atomic E-state index is 12.0. The summed E-state index contributed by atoms with van der Waals surface area (Å²) in [6.45, 7) is 12.8. The number of hydrogen-bond acceptors (Lipinski definition) is 3. The van der Waals surface area contributed by atoms with Gasteiger partial charge in [-0.2, -0.15) is 0 Å². The van der Waals surface area contributed by atoms with Crippen LogP contribution in [0.4, 0.5) is 0 Å². The number of nitrogens with one attached hydrogen (secondary N) is 2. The molecule has 4 nitrogen and oxygen atoms in total. The zero-order chi connectivity index (χ0) is 15.7. The summed E-state index contributed by atoms with van der Waals surface area (Å²) >= 11 is 0. The van der Waals surface area contributed by atoms with Crippen LogP contribution in [0.15, 0.2) is 0 Å². The fourth-order valence-corrected chi connectivity index (χ4v) is 1.97. The third-order valence-electron chi connectivity index (χ3n) is 3.68. The first-order chi connectivity index (χ1) is 9.25. The second-order valence-corrected chi connectivity index (χ2v) is 6.29. The molecule has 0 spiro atoms. The average molecular weight is 284 g/mol. The maximum atomic E-state index is 12.0. The van der Waals surface area contributed by atoms with Gasteiger partial charge in [0.25, 0.3) is 0 Å². The zero-order valence-electron chi connectivity index (χ0n) is 14.0. The molecule has 0 aromatic carbocycles. The fraction of sp³-hybridized carbons (Fsp3) is 0.875. The van der Waals surface area contributed by atoms with Crippen molar-refractivity contribution in [1.82, 2.24) is 10.6 Å². The van der Waals surface area contributed by atoms with Crippen LogP contribution in [0, 0.1) is 11.8 Å². The molecule has 0 aromatic heterocycles. The van der Waals surface area contributed by atoms with Gasteiger partial charge in [0.15, 0.2) is 5.78 Å². The first-order valence-electron chi connectivity index (χ1n) is 7.79. The highest BCUT2D eigenvalue weighted by molar-refractivity contribution is 5.89. The maximum Gasteiger partial charge on any atom is 0.217 e. The van der Waals surface area contributed by atoms with Crippen molar-refractivity contribution in [1.29, 1.82) is 0 Å². The molecule has 0 heterocycles. The highest BCUT2D eigenvalue weighted by Gasteiger charge is 2.21. The van der Waals surface area contributed by atoms with Gasteiger partial charge in [0.2, 0.25) is 5.91 Å². The number of unbranched alkanes of at least 4 members (excludes halogenated alkanes) is 1. The number of rotatable bonds is 10. The van der Waals surface area contributed by atoms with E-state index in [1.807, 2.05) is 13.8 Å². The van der Waals surface area contributed by atoms with E-state index in [1.165, 1.54) is 6.92 Å². The topological polar surface area (TPSA) is 58.2 Å². The highest BCUT2D eigenvalue weighted by atomic mass is 16.2. The monoisotopic (exact) mass is 284 g/mol. The summed E-state index contributed by atoms with van der Waals surface area (Å²) in [5.74, 6) is 0.592. The van der Waals surface area contributed by atoms with Gasteiger partial charge in [0.1, 0.15) is 0 Å². The molecule has 4 heteroatoms. The Morgan fingerprint density at radius 3 is 2.05 bits per heavy atom. The van der Waals surface area contributed by atoms with Crippen LogP contribution in [0.2, 0.25) is 0 Å². The molecule has 118 valence electrons. The molecule has 0 saturated heterocycles. The van der Waals surface area contributed by atoms with E-state index in [9.17, 15) is 9.59 Å². The van der Waals surface area contributed by atoms with Gasteiger partial charge in [-0.05, 0) is 38.6 Å². The lowest BCUT2D eigenvalue weighted by Gasteiger charge is -2.20. The third-order valence-corrected chi connectivity index (χ3v) is 3.68. The molecule has 0 saturated carbocycles. The minimum atomic E-state index is -0.324. The van der Waals surface area contributed by atoms with E-state index in [2.05, 4.69) is 31.4 Å². The van der Waals surface area contributed by atoms with E-state index in [0.717, 1.165) is 25.8 Å². The van der Waals surface area contributed by atoms with Gasteiger partial charge in [0.05, 0.1) is 6.04 Å². The van der Waals surface area contributed by atoms with E-state index in [-0.39, 0.29) is 23.7 Å². The number of carbonyl (C=O) groups is 2. The third kappa shape index (κ3) is 8.31. The summed E-state index contributed by atoms with van der Waals surface area (Å²) in [7, 11) is 0. The Kier molecular flexibility index (Phi) is 9.47. The van der Waals surface area contributed by atoms with Crippen molar-refractivity contribution in [2.24, 2.45) is 11.8 Å². The molecule has 0 aliphatic heterocycles. The molecule has 2 N–H and O–H groups in total. The predicted molar refractivity (Wildman–Crippen MR) is 83.6 cm³/mol. The van der Waals surface area contributed by atoms with Gasteiger partial charge in [-0.1, -0.05) is 27.7 Å². The van der Waals surface area contributed by atoms with Crippen molar-refractivity contribution in [3.63, 3.8) is 0 Å². The van der Waals surface area contributed by atoms with Crippen LogP contribution in [-0.4, -0.2) is 30.3 Å². The van der Waals surface area contributed by atoms with Crippen LogP contribution in [0.5, 0.6) is 0 Å². The summed E-state index contributed by atoms with van der Waals surface area (Å²) in [5.41, 5.74) is 0. The Bertz CT molecular complexity index is 301. The van der Waals surface area contributed by atoms with Gasteiger partial charge in [0, 0.05) is 18.9 Å². The molecule has 0 aliphatic rings. The number of Topliss-reactive ketones (excluding diaryl/α,β-unsaturated/α-hetero) is 1. The lowest BCUT2D eigenvalue weighted by molar-refractivity contribution is -0.128. The van der Waals surface area contributed by atoms with Gasteiger partial charge >= 0.3 is 0 Å². The Morgan fingerprint density at radius 1 is 1.00 bits per heavy atom. The first kappa shape index (κ1) is 19.1. The SMILES string of the molecule is CC(=O)NC(CCCCNC(C)C(C)C)C(=O)C(C)C. The summed E-state index contributed by atoms with van der Waals surface area (Å²) in [4.78, 5) is 23.2. The van der Waals surface area contributed by atoms with Crippen molar-refractivity contribution in [2.45, 2.75) is 72.9 Å². The van der Waals surface area contributed by atoms with E-state index in [1.54, 1.807) is 0 Å². The molecule has 2 atom stereocenters. The van der Waals surface area contributed by atoms with E-state index >= 15 is 0 Å². The number of carbonyl (C=O) groups excluding carboxylic acids is 2. The molecule has 1 amide bonds. The summed E-state index contributed by atoms with van der Waals surface area (Å²) in [6.07, 6.45) is 2.70. The smallest absolute Gasteiger partial charge is 0.217 e. The zero-order valence-corrected chi connectivity index (χ0v) is 14.0. The van der Waals surface area contributed by atoms with Crippen LogP contribution in [0.3, 0.4) is 0 Å². The highest BCUT2D eigenvalue weighted by Crippen LogP contribution is 2.08. The molecular weight excluding hydrogens is 252 g/mol. The summed E-state index contributed by atoms with van der Waals surface area (Å²) in [6, 6.07) is 0.188. The van der Waals surface area contributed by atoms with Crippen molar-refractivity contribution in [2.75, 3.05) is 6.54 Å². The number of ketones is 1. The van der Waals surface area contributed by atoms with Crippen molar-refractivity contribution in [3.05, 3.63) is 0 Å². The Morgan fingerprint density at radius 2 is 1.60 bits per heavy atom. The van der Waals surface area contributed by atoms with Crippen molar-refractivity contribution < 1.29 is 9.59 Å². The largest absolute Gasteiger partial charge is 0.347 e. The number of hydrogen-bond donors (Lipinski definition) is 2. The molecule has 0 fully saturated rings. The Balaban J connectivity index is 4.02. The second kappa shape index (κ2) is 9.92. The molecule has 0 bridgehead atoms. The summed E-state index contributed by atoms with van der Waals surface area (Å²) < 4.78 is 0. The van der Waals surface area contributed by atoms with Crippen LogP contribution < -0.4 is 10.6 Å². The van der Waals surface area contributed by atoms with E-state index < -0.39 is 0 Å². The lowest BCUT2D eigenvalue weighted by Crippen LogP contribution is -2.41. The minimum absolute atomic E-state index is 0.0362. The first-order valence-corrected chi connectivity index (χ1v) is 7.79. The second-order valence-electron chi connectivity index (χ2n) is 6.29. The molecule has 0 aliphatic carbocycles. The molecular formula is C16H32N2O2. The van der Waals surface area contributed by atoms with E-state index in [0.29, 0.717) is 12.0 Å². The molecule has 0 rings (SSSR count). The van der Waals surface area contributed by atoms with Gasteiger partial charge < -0.3 is 10.6 Å². The fourth-order valence-electron chi connectivity index (χ4n) is 1.97. The summed E-state index contributed by atoms with van der Waals surface area (Å²) in [5, 5.41) is 6.25. The predicted octanol–water partition coefficient (Wildman–Crippen LogP) is 2.52. The number of amides is 1. The van der Waals surface area contributed by atoms with Crippen molar-refractivity contribution >= 4 is 11.7 Å². The van der Waals surface area contributed by atoms with Crippen LogP contribution in [-0.2, 0) is 9.59 Å². The van der Waals surface area contributed by atoms with E-state index in [4.69, 9.17) is 0 Å². The molecule has 20 heavy (non-hydrogen) atoms. The van der Waals surface area contributed by atoms with Crippen LogP contribution >= 0.6 is 0 Å². The normalized spacial score (nSPS) is 14.4. The molecule has 0 radical (unpaired) electrons. The van der Waals surface area contributed by atoms with Crippen LogP contribution in [0.1, 0.15) is 60.8 Å².